The molecule has 5 rings (SSSR count). The highest BCUT2D eigenvalue weighted by molar-refractivity contribution is 5.98. The number of ether oxygens (including phenoxy) is 1. The second-order valence-corrected chi connectivity index (χ2v) is 9.95. The SMILES string of the molecule is CCOc1ccccc1-c1ccc2c(c1)N(C(=O)CN)CC21CCN(c2ccc(C(F)(F)F)cc2C#N)CC1. The van der Waals surface area contributed by atoms with Crippen LogP contribution in [-0.4, -0.2) is 38.7 Å². The third kappa shape index (κ3) is 4.81. The van der Waals surface area contributed by atoms with Crippen molar-refractivity contribution in [3.63, 3.8) is 0 Å². The number of hydrogen-bond acceptors (Lipinski definition) is 5. The highest BCUT2D eigenvalue weighted by Crippen LogP contribution is 2.49. The highest BCUT2D eigenvalue weighted by atomic mass is 19.4. The number of nitrogens with zero attached hydrogens (tertiary/aromatic N) is 3. The number of fused-ring (bicyclic) bond motifs is 2. The summed E-state index contributed by atoms with van der Waals surface area (Å²) in [6, 6.07) is 19.2. The molecule has 0 atom stereocenters. The molecule has 2 N–H and O–H groups in total. The minimum atomic E-state index is -4.51. The first-order valence-electron chi connectivity index (χ1n) is 12.9. The average molecular weight is 535 g/mol. The number of nitriles is 1. The van der Waals surface area contributed by atoms with Crippen molar-refractivity contribution >= 4 is 17.3 Å². The van der Waals surface area contributed by atoms with E-state index in [4.69, 9.17) is 10.5 Å². The fourth-order valence-electron chi connectivity index (χ4n) is 5.84. The molecule has 3 aromatic rings. The number of carbonyl (C=O) groups excluding carboxylic acids is 1. The maximum atomic E-state index is 13.2. The van der Waals surface area contributed by atoms with Gasteiger partial charge in [0, 0.05) is 36.3 Å². The molecule has 1 fully saturated rings. The van der Waals surface area contributed by atoms with Crippen LogP contribution in [-0.2, 0) is 16.4 Å². The normalized spacial score (nSPS) is 16.2. The highest BCUT2D eigenvalue weighted by Gasteiger charge is 2.46. The van der Waals surface area contributed by atoms with Crippen molar-refractivity contribution in [2.24, 2.45) is 5.73 Å². The van der Waals surface area contributed by atoms with E-state index in [1.165, 1.54) is 6.07 Å². The number of halogens is 3. The first-order chi connectivity index (χ1) is 18.7. The summed E-state index contributed by atoms with van der Waals surface area (Å²) >= 11 is 0. The molecule has 0 radical (unpaired) electrons. The Balaban J connectivity index is 1.46. The van der Waals surface area contributed by atoms with E-state index < -0.39 is 11.7 Å². The van der Waals surface area contributed by atoms with Crippen molar-refractivity contribution in [2.45, 2.75) is 31.4 Å². The van der Waals surface area contributed by atoms with E-state index in [0.717, 1.165) is 40.3 Å². The first kappa shape index (κ1) is 26.6. The zero-order valence-electron chi connectivity index (χ0n) is 21.6. The van der Waals surface area contributed by atoms with Crippen LogP contribution in [0.3, 0.4) is 0 Å². The number of anilines is 2. The first-order valence-corrected chi connectivity index (χ1v) is 12.9. The van der Waals surface area contributed by atoms with E-state index in [1.54, 1.807) is 4.90 Å². The molecule has 3 aromatic carbocycles. The van der Waals surface area contributed by atoms with E-state index in [2.05, 4.69) is 6.07 Å². The summed E-state index contributed by atoms with van der Waals surface area (Å²) in [4.78, 5) is 16.7. The van der Waals surface area contributed by atoms with Gasteiger partial charge in [0.25, 0.3) is 0 Å². The zero-order chi connectivity index (χ0) is 27.8. The van der Waals surface area contributed by atoms with E-state index in [1.807, 2.05) is 54.3 Å². The van der Waals surface area contributed by atoms with E-state index in [0.29, 0.717) is 44.8 Å². The number of nitrogens with two attached hydrogens (primary N) is 1. The van der Waals surface area contributed by atoms with Gasteiger partial charge in [0.1, 0.15) is 11.8 Å². The van der Waals surface area contributed by atoms with Crippen LogP contribution in [0.5, 0.6) is 5.75 Å². The minimum Gasteiger partial charge on any atom is -0.493 e. The van der Waals surface area contributed by atoms with E-state index in [9.17, 15) is 23.2 Å². The molecule has 2 aliphatic rings. The van der Waals surface area contributed by atoms with Gasteiger partial charge in [0.2, 0.25) is 5.91 Å². The Morgan fingerprint density at radius 2 is 1.82 bits per heavy atom. The number of piperidine rings is 1. The molecule has 1 spiro atoms. The Morgan fingerprint density at radius 1 is 1.08 bits per heavy atom. The molecule has 0 saturated carbocycles. The van der Waals surface area contributed by atoms with Crippen LogP contribution in [0.15, 0.2) is 60.7 Å². The fourth-order valence-corrected chi connectivity index (χ4v) is 5.84. The molecule has 2 heterocycles. The maximum absolute atomic E-state index is 13.2. The summed E-state index contributed by atoms with van der Waals surface area (Å²) < 4.78 is 45.4. The van der Waals surface area contributed by atoms with Crippen molar-refractivity contribution in [3.8, 4) is 22.9 Å². The van der Waals surface area contributed by atoms with Gasteiger partial charge >= 0.3 is 6.18 Å². The average Bonchev–Trinajstić information content (AvgIpc) is 3.25. The molecule has 9 heteroatoms. The summed E-state index contributed by atoms with van der Waals surface area (Å²) in [6.07, 6.45) is -3.16. The van der Waals surface area contributed by atoms with Gasteiger partial charge in [0.05, 0.1) is 30.0 Å². The van der Waals surface area contributed by atoms with Gasteiger partial charge in [-0.1, -0.05) is 30.3 Å². The molecule has 6 nitrogen and oxygen atoms in total. The van der Waals surface area contributed by atoms with Crippen LogP contribution in [0, 0.1) is 11.3 Å². The van der Waals surface area contributed by atoms with Crippen molar-refractivity contribution < 1.29 is 22.7 Å². The smallest absolute Gasteiger partial charge is 0.416 e. The lowest BCUT2D eigenvalue weighted by molar-refractivity contribution is -0.137. The summed E-state index contributed by atoms with van der Waals surface area (Å²) in [7, 11) is 0. The minimum absolute atomic E-state index is 0.00476. The Morgan fingerprint density at radius 3 is 2.49 bits per heavy atom. The molecule has 0 aromatic heterocycles. The van der Waals surface area contributed by atoms with Gasteiger partial charge in [0.15, 0.2) is 0 Å². The van der Waals surface area contributed by atoms with Crippen LogP contribution in [0.1, 0.15) is 36.5 Å². The molecular formula is C30H29F3N4O2. The third-order valence-electron chi connectivity index (χ3n) is 7.80. The predicted molar refractivity (Wildman–Crippen MR) is 144 cm³/mol. The summed E-state index contributed by atoms with van der Waals surface area (Å²) in [6.45, 7) is 3.92. The predicted octanol–water partition coefficient (Wildman–Crippen LogP) is 5.49. The summed E-state index contributed by atoms with van der Waals surface area (Å²) in [5.74, 6) is 0.600. The maximum Gasteiger partial charge on any atom is 0.416 e. The molecule has 0 unspecified atom stereocenters. The molecule has 2 aliphatic heterocycles. The van der Waals surface area contributed by atoms with Gasteiger partial charge in [-0.3, -0.25) is 4.79 Å². The molecule has 202 valence electrons. The molecular weight excluding hydrogens is 505 g/mol. The topological polar surface area (TPSA) is 82.6 Å². The quantitative estimate of drug-likeness (QED) is 0.468. The van der Waals surface area contributed by atoms with Gasteiger partial charge in [-0.15, -0.1) is 0 Å². The van der Waals surface area contributed by atoms with Crippen LogP contribution < -0.4 is 20.3 Å². The number of rotatable bonds is 5. The monoisotopic (exact) mass is 534 g/mol. The lowest BCUT2D eigenvalue weighted by Crippen LogP contribution is -2.47. The van der Waals surface area contributed by atoms with Crippen LogP contribution in [0.2, 0.25) is 0 Å². The molecule has 0 bridgehead atoms. The van der Waals surface area contributed by atoms with Crippen molar-refractivity contribution in [1.82, 2.24) is 0 Å². The van der Waals surface area contributed by atoms with E-state index >= 15 is 0 Å². The lowest BCUT2D eigenvalue weighted by Gasteiger charge is -2.41. The largest absolute Gasteiger partial charge is 0.493 e. The third-order valence-corrected chi connectivity index (χ3v) is 7.80. The van der Waals surface area contributed by atoms with Gasteiger partial charge in [-0.05, 0) is 61.2 Å². The molecule has 0 aliphatic carbocycles. The standard InChI is InChI=1S/C30H29F3N4O2/c1-2-39-27-6-4-3-5-23(27)20-7-9-24-26(16-20)37(28(38)18-35)19-29(24)11-13-36(14-12-29)25-10-8-22(30(31,32)33)15-21(25)17-34/h3-10,15-16H,2,11-14,18-19,35H2,1H3. The second-order valence-electron chi connectivity index (χ2n) is 9.95. The zero-order valence-corrected chi connectivity index (χ0v) is 21.6. The van der Waals surface area contributed by atoms with Crippen LogP contribution >= 0.6 is 0 Å². The number of alkyl halides is 3. The summed E-state index contributed by atoms with van der Waals surface area (Å²) in [5, 5.41) is 9.56. The lowest BCUT2D eigenvalue weighted by atomic mass is 9.74. The molecule has 1 amide bonds. The van der Waals surface area contributed by atoms with E-state index in [-0.39, 0.29) is 23.4 Å². The number of hydrogen-bond donors (Lipinski definition) is 1. The fraction of sp³-hybridized carbons (Fsp3) is 0.333. The Bertz CT molecular complexity index is 1440. The van der Waals surface area contributed by atoms with Crippen molar-refractivity contribution in [3.05, 3.63) is 77.4 Å². The second kappa shape index (κ2) is 10.3. The Labute approximate surface area is 225 Å². The van der Waals surface area contributed by atoms with Crippen molar-refractivity contribution in [1.29, 1.82) is 5.26 Å². The number of para-hydroxylation sites is 1. The number of carbonyl (C=O) groups is 1. The number of benzene rings is 3. The van der Waals surface area contributed by atoms with Gasteiger partial charge in [-0.25, -0.2) is 0 Å². The summed E-state index contributed by atoms with van der Waals surface area (Å²) in [5.41, 5.74) is 8.90. The van der Waals surface area contributed by atoms with Crippen molar-refractivity contribution in [2.75, 3.05) is 42.6 Å². The van der Waals surface area contributed by atoms with Crippen LogP contribution in [0.4, 0.5) is 24.5 Å². The number of amides is 1. The van der Waals surface area contributed by atoms with Crippen LogP contribution in [0.25, 0.3) is 11.1 Å². The van der Waals surface area contributed by atoms with Gasteiger partial charge in [-0.2, -0.15) is 18.4 Å². The van der Waals surface area contributed by atoms with Gasteiger partial charge < -0.3 is 20.3 Å². The Hall–Kier alpha value is -4.03. The molecule has 1 saturated heterocycles. The Kier molecular flexibility index (Phi) is 7.00. The molecule has 39 heavy (non-hydrogen) atoms.